The molecule has 0 amide bonds. The van der Waals surface area contributed by atoms with E-state index in [1.807, 2.05) is 6.92 Å². The van der Waals surface area contributed by atoms with Crippen LogP contribution < -0.4 is 0 Å². The fourth-order valence-corrected chi connectivity index (χ4v) is 2.63. The Labute approximate surface area is 121 Å². The number of rotatable bonds is 5. The van der Waals surface area contributed by atoms with Gasteiger partial charge in [-0.2, -0.15) is 0 Å². The highest BCUT2D eigenvalue weighted by Crippen LogP contribution is 2.10. The average molecular weight is 276 g/mol. The molecule has 2 rings (SSSR count). The lowest BCUT2D eigenvalue weighted by Gasteiger charge is -2.35. The maximum atomic E-state index is 11.4. The number of hydrogen-bond acceptors (Lipinski definition) is 4. The van der Waals surface area contributed by atoms with Crippen molar-refractivity contribution in [3.63, 3.8) is 0 Å². The molecule has 0 N–H and O–H groups in total. The highest BCUT2D eigenvalue weighted by Gasteiger charge is 2.21. The molecular formula is C16H24N2O2. The van der Waals surface area contributed by atoms with Crippen molar-refractivity contribution in [3.05, 3.63) is 35.9 Å². The zero-order valence-electron chi connectivity index (χ0n) is 12.4. The zero-order chi connectivity index (χ0) is 14.4. The molecule has 1 aliphatic heterocycles. The van der Waals surface area contributed by atoms with Crippen molar-refractivity contribution in [2.24, 2.45) is 5.92 Å². The first-order valence-electron chi connectivity index (χ1n) is 7.25. The number of piperazine rings is 1. The molecular weight excluding hydrogens is 252 g/mol. The van der Waals surface area contributed by atoms with Crippen molar-refractivity contribution < 1.29 is 9.53 Å². The predicted molar refractivity (Wildman–Crippen MR) is 79.3 cm³/mol. The molecule has 1 aromatic carbocycles. The first kappa shape index (κ1) is 15.0. The minimum absolute atomic E-state index is 0.0410. The van der Waals surface area contributed by atoms with E-state index in [1.165, 1.54) is 12.7 Å². The van der Waals surface area contributed by atoms with Crippen LogP contribution in [0.1, 0.15) is 12.5 Å². The Kier molecular flexibility index (Phi) is 5.56. The summed E-state index contributed by atoms with van der Waals surface area (Å²) in [4.78, 5) is 16.2. The second kappa shape index (κ2) is 7.41. The SMILES string of the molecule is COC(=O)[C@H](C)CN1CCN(Cc2ccccc2)CC1. The van der Waals surface area contributed by atoms with Crippen molar-refractivity contribution >= 4 is 5.97 Å². The number of carbonyl (C=O) groups is 1. The molecule has 1 aromatic rings. The first-order valence-corrected chi connectivity index (χ1v) is 7.25. The highest BCUT2D eigenvalue weighted by molar-refractivity contribution is 5.72. The van der Waals surface area contributed by atoms with Crippen LogP contribution in [0.4, 0.5) is 0 Å². The van der Waals surface area contributed by atoms with Crippen LogP contribution in [0.2, 0.25) is 0 Å². The van der Waals surface area contributed by atoms with E-state index >= 15 is 0 Å². The van der Waals surface area contributed by atoms with E-state index in [9.17, 15) is 4.79 Å². The van der Waals surface area contributed by atoms with Gasteiger partial charge in [0.2, 0.25) is 0 Å². The molecule has 4 heteroatoms. The van der Waals surface area contributed by atoms with Gasteiger partial charge in [-0.3, -0.25) is 14.6 Å². The van der Waals surface area contributed by atoms with Gasteiger partial charge >= 0.3 is 5.97 Å². The lowest BCUT2D eigenvalue weighted by Crippen LogP contribution is -2.47. The number of carbonyl (C=O) groups excluding carboxylic acids is 1. The molecule has 110 valence electrons. The second-order valence-corrected chi connectivity index (χ2v) is 5.49. The number of nitrogens with zero attached hydrogens (tertiary/aromatic N) is 2. The van der Waals surface area contributed by atoms with Gasteiger partial charge in [0.1, 0.15) is 0 Å². The molecule has 0 unspecified atom stereocenters. The van der Waals surface area contributed by atoms with Crippen LogP contribution in [-0.4, -0.2) is 55.6 Å². The third kappa shape index (κ3) is 4.32. The summed E-state index contributed by atoms with van der Waals surface area (Å²) in [6.45, 7) is 7.91. The fourth-order valence-electron chi connectivity index (χ4n) is 2.63. The van der Waals surface area contributed by atoms with E-state index in [1.54, 1.807) is 0 Å². The van der Waals surface area contributed by atoms with Crippen molar-refractivity contribution in [2.75, 3.05) is 39.8 Å². The topological polar surface area (TPSA) is 32.8 Å². The summed E-state index contributed by atoms with van der Waals surface area (Å²) < 4.78 is 4.78. The molecule has 20 heavy (non-hydrogen) atoms. The minimum atomic E-state index is -0.114. The standard InChI is InChI=1S/C16H24N2O2/c1-14(16(19)20-2)12-17-8-10-18(11-9-17)13-15-6-4-3-5-7-15/h3-7,14H,8-13H2,1-2H3/t14-/m1/s1. The van der Waals surface area contributed by atoms with Crippen LogP contribution in [0, 0.1) is 5.92 Å². The van der Waals surface area contributed by atoms with E-state index in [0.29, 0.717) is 0 Å². The Hall–Kier alpha value is -1.39. The van der Waals surface area contributed by atoms with Gasteiger partial charge in [-0.25, -0.2) is 0 Å². The van der Waals surface area contributed by atoms with Gasteiger partial charge in [0.05, 0.1) is 13.0 Å². The molecule has 0 aromatic heterocycles. The van der Waals surface area contributed by atoms with Gasteiger partial charge in [0, 0.05) is 39.3 Å². The third-order valence-electron chi connectivity index (χ3n) is 3.85. The molecule has 1 fully saturated rings. The monoisotopic (exact) mass is 276 g/mol. The van der Waals surface area contributed by atoms with Crippen LogP contribution >= 0.6 is 0 Å². The van der Waals surface area contributed by atoms with Gasteiger partial charge < -0.3 is 4.74 Å². The fraction of sp³-hybridized carbons (Fsp3) is 0.562. The lowest BCUT2D eigenvalue weighted by atomic mass is 10.1. The molecule has 4 nitrogen and oxygen atoms in total. The predicted octanol–water partition coefficient (Wildman–Crippen LogP) is 1.61. The Balaban J connectivity index is 1.74. The van der Waals surface area contributed by atoms with E-state index in [0.717, 1.165) is 39.3 Å². The largest absolute Gasteiger partial charge is 0.469 e. The average Bonchev–Trinajstić information content (AvgIpc) is 2.49. The molecule has 0 saturated carbocycles. The summed E-state index contributed by atoms with van der Waals surface area (Å²) in [7, 11) is 1.45. The number of esters is 1. The molecule has 0 bridgehead atoms. The summed E-state index contributed by atoms with van der Waals surface area (Å²) in [5.41, 5.74) is 1.36. The van der Waals surface area contributed by atoms with E-state index in [-0.39, 0.29) is 11.9 Å². The second-order valence-electron chi connectivity index (χ2n) is 5.49. The number of methoxy groups -OCH3 is 1. The summed E-state index contributed by atoms with van der Waals surface area (Å²) in [6, 6.07) is 10.6. The van der Waals surface area contributed by atoms with Crippen LogP contribution in [-0.2, 0) is 16.1 Å². The van der Waals surface area contributed by atoms with E-state index in [4.69, 9.17) is 4.74 Å². The smallest absolute Gasteiger partial charge is 0.309 e. The van der Waals surface area contributed by atoms with Crippen molar-refractivity contribution in [3.8, 4) is 0 Å². The Morgan fingerprint density at radius 1 is 1.15 bits per heavy atom. The molecule has 0 radical (unpaired) electrons. The minimum Gasteiger partial charge on any atom is -0.469 e. The molecule has 1 heterocycles. The van der Waals surface area contributed by atoms with Crippen LogP contribution in [0.3, 0.4) is 0 Å². The van der Waals surface area contributed by atoms with E-state index < -0.39 is 0 Å². The maximum absolute atomic E-state index is 11.4. The maximum Gasteiger partial charge on any atom is 0.309 e. The summed E-state index contributed by atoms with van der Waals surface area (Å²) in [5.74, 6) is -0.155. The van der Waals surface area contributed by atoms with Gasteiger partial charge in [-0.1, -0.05) is 37.3 Å². The molecule has 0 aliphatic carbocycles. The molecule has 1 atom stereocenters. The Morgan fingerprint density at radius 3 is 2.35 bits per heavy atom. The van der Waals surface area contributed by atoms with Crippen LogP contribution in [0.25, 0.3) is 0 Å². The molecule has 1 aliphatic rings. The summed E-state index contributed by atoms with van der Waals surface area (Å²) >= 11 is 0. The third-order valence-corrected chi connectivity index (χ3v) is 3.85. The summed E-state index contributed by atoms with van der Waals surface area (Å²) in [6.07, 6.45) is 0. The lowest BCUT2D eigenvalue weighted by molar-refractivity contribution is -0.145. The number of hydrogen-bond donors (Lipinski definition) is 0. The van der Waals surface area contributed by atoms with Gasteiger partial charge in [0.15, 0.2) is 0 Å². The molecule has 1 saturated heterocycles. The van der Waals surface area contributed by atoms with Crippen LogP contribution in [0.15, 0.2) is 30.3 Å². The highest BCUT2D eigenvalue weighted by atomic mass is 16.5. The quantitative estimate of drug-likeness (QED) is 0.765. The van der Waals surface area contributed by atoms with E-state index in [2.05, 4.69) is 40.1 Å². The van der Waals surface area contributed by atoms with Crippen LogP contribution in [0.5, 0.6) is 0 Å². The zero-order valence-corrected chi connectivity index (χ0v) is 12.4. The van der Waals surface area contributed by atoms with Gasteiger partial charge in [-0.05, 0) is 5.56 Å². The normalized spacial score (nSPS) is 18.7. The van der Waals surface area contributed by atoms with Crippen molar-refractivity contribution in [1.29, 1.82) is 0 Å². The Morgan fingerprint density at radius 2 is 1.75 bits per heavy atom. The number of ether oxygens (including phenoxy) is 1. The first-order chi connectivity index (χ1) is 9.69. The Bertz CT molecular complexity index is 414. The van der Waals surface area contributed by atoms with Crippen molar-refractivity contribution in [1.82, 2.24) is 9.80 Å². The number of benzene rings is 1. The van der Waals surface area contributed by atoms with Gasteiger partial charge in [0.25, 0.3) is 0 Å². The van der Waals surface area contributed by atoms with Gasteiger partial charge in [-0.15, -0.1) is 0 Å². The summed E-state index contributed by atoms with van der Waals surface area (Å²) in [5, 5.41) is 0. The molecule has 0 spiro atoms. The van der Waals surface area contributed by atoms with Crippen molar-refractivity contribution in [2.45, 2.75) is 13.5 Å².